The van der Waals surface area contributed by atoms with E-state index in [1.165, 1.54) is 20.8 Å². The molecule has 0 aliphatic rings. The second kappa shape index (κ2) is 23.9. The third-order valence-electron chi connectivity index (χ3n) is 0. The van der Waals surface area contributed by atoms with Crippen LogP contribution < -0.4 is 0 Å². The number of rotatable bonds is 0. The van der Waals surface area contributed by atoms with E-state index in [1.807, 2.05) is 0 Å². The molecule has 0 heterocycles. The molecule has 0 spiro atoms. The molecule has 0 amide bonds. The van der Waals surface area contributed by atoms with Crippen LogP contribution in [0.2, 0.25) is 0 Å². The first-order valence-electron chi connectivity index (χ1n) is 3.04. The Bertz CT molecular complexity index is 65.3. The molecular formula is C7H16O3. The molecule has 0 aliphatic carbocycles. The van der Waals surface area contributed by atoms with E-state index in [2.05, 4.69) is 0 Å². The molecule has 0 rings (SSSR count). The minimum Gasteiger partial charge on any atom is -0.397 e. The fraction of sp³-hybridized carbons (Fsp3) is 0.714. The maximum atomic E-state index is 9.44. The minimum atomic E-state index is 0.167. The number of aldehydes is 1. The van der Waals surface area contributed by atoms with Gasteiger partial charge in [-0.2, -0.15) is 0 Å². The van der Waals surface area contributed by atoms with Crippen LogP contribution >= 0.6 is 0 Å². The SMILES string of the molecule is CC(C)=O.CC=O.CCO. The highest BCUT2D eigenvalue weighted by atomic mass is 16.2. The average Bonchev–Trinajstić information content (AvgIpc) is 1.65. The summed E-state index contributed by atoms with van der Waals surface area (Å²) in [6.45, 7) is 6.43. The summed E-state index contributed by atoms with van der Waals surface area (Å²) in [4.78, 5) is 18.2. The number of ketones is 1. The molecular weight excluding hydrogens is 132 g/mol. The highest BCUT2D eigenvalue weighted by Crippen LogP contribution is 1.50. The van der Waals surface area contributed by atoms with Gasteiger partial charge in [-0.1, -0.05) is 0 Å². The lowest BCUT2D eigenvalue weighted by Gasteiger charge is -1.56. The molecule has 0 unspecified atom stereocenters. The van der Waals surface area contributed by atoms with Crippen LogP contribution in [0, 0.1) is 0 Å². The molecule has 0 radical (unpaired) electrons. The second-order valence-corrected chi connectivity index (χ2v) is 1.46. The molecule has 1 N–H and O–H groups in total. The van der Waals surface area contributed by atoms with Crippen molar-refractivity contribution < 1.29 is 14.7 Å². The van der Waals surface area contributed by atoms with Crippen LogP contribution in [0.25, 0.3) is 0 Å². The van der Waals surface area contributed by atoms with Crippen LogP contribution in [0.1, 0.15) is 27.7 Å². The monoisotopic (exact) mass is 148 g/mol. The van der Waals surface area contributed by atoms with Crippen LogP contribution in [0.15, 0.2) is 0 Å². The van der Waals surface area contributed by atoms with E-state index in [-0.39, 0.29) is 12.4 Å². The molecule has 0 aromatic carbocycles. The van der Waals surface area contributed by atoms with Gasteiger partial charge in [0.1, 0.15) is 12.1 Å². The van der Waals surface area contributed by atoms with Crippen molar-refractivity contribution in [2.45, 2.75) is 27.7 Å². The molecule has 3 heteroatoms. The zero-order valence-corrected chi connectivity index (χ0v) is 7.05. The number of aliphatic hydroxyl groups excluding tert-OH is 1. The Morgan fingerprint density at radius 3 is 1.50 bits per heavy atom. The van der Waals surface area contributed by atoms with Gasteiger partial charge in [-0.05, 0) is 27.7 Å². The number of carbonyl (C=O) groups is 2. The Hall–Kier alpha value is -0.700. The van der Waals surface area contributed by atoms with Gasteiger partial charge in [0.15, 0.2) is 0 Å². The van der Waals surface area contributed by atoms with Gasteiger partial charge in [0.2, 0.25) is 0 Å². The molecule has 0 saturated heterocycles. The fourth-order valence-corrected chi connectivity index (χ4v) is 0. The van der Waals surface area contributed by atoms with Gasteiger partial charge in [0, 0.05) is 6.61 Å². The Morgan fingerprint density at radius 1 is 1.50 bits per heavy atom. The fourth-order valence-electron chi connectivity index (χ4n) is 0. The van der Waals surface area contributed by atoms with Crippen molar-refractivity contribution >= 4 is 12.1 Å². The highest BCUT2D eigenvalue weighted by Gasteiger charge is 1.62. The van der Waals surface area contributed by atoms with Crippen LogP contribution in [0.3, 0.4) is 0 Å². The van der Waals surface area contributed by atoms with Crippen LogP contribution in [-0.2, 0) is 9.59 Å². The summed E-state index contributed by atoms with van der Waals surface area (Å²) in [5.41, 5.74) is 0. The predicted octanol–water partition coefficient (Wildman–Crippen LogP) is 0.799. The second-order valence-electron chi connectivity index (χ2n) is 1.46. The van der Waals surface area contributed by atoms with Gasteiger partial charge in [-0.15, -0.1) is 0 Å². The van der Waals surface area contributed by atoms with Crippen molar-refractivity contribution in [3.63, 3.8) is 0 Å². The summed E-state index contributed by atoms with van der Waals surface area (Å²) in [5, 5.41) is 7.57. The van der Waals surface area contributed by atoms with Gasteiger partial charge < -0.3 is 14.7 Å². The van der Waals surface area contributed by atoms with E-state index < -0.39 is 0 Å². The van der Waals surface area contributed by atoms with E-state index >= 15 is 0 Å². The lowest BCUT2D eigenvalue weighted by molar-refractivity contribution is -0.115. The maximum Gasteiger partial charge on any atom is 0.126 e. The summed E-state index contributed by atoms with van der Waals surface area (Å²) in [5.74, 6) is 0.167. The zero-order chi connectivity index (χ0) is 8.99. The lowest BCUT2D eigenvalue weighted by Crippen LogP contribution is -1.69. The highest BCUT2D eigenvalue weighted by molar-refractivity contribution is 5.72. The topological polar surface area (TPSA) is 54.4 Å². The molecule has 0 atom stereocenters. The molecule has 0 fully saturated rings. The smallest absolute Gasteiger partial charge is 0.126 e. The quantitative estimate of drug-likeness (QED) is 0.517. The van der Waals surface area contributed by atoms with E-state index in [0.717, 1.165) is 6.29 Å². The van der Waals surface area contributed by atoms with Crippen LogP contribution in [0.4, 0.5) is 0 Å². The number of aliphatic hydroxyl groups is 1. The van der Waals surface area contributed by atoms with Crippen LogP contribution in [0.5, 0.6) is 0 Å². The summed E-state index contributed by atoms with van der Waals surface area (Å²) in [7, 11) is 0. The summed E-state index contributed by atoms with van der Waals surface area (Å²) in [6.07, 6.45) is 0.750. The Morgan fingerprint density at radius 2 is 1.50 bits per heavy atom. The van der Waals surface area contributed by atoms with Gasteiger partial charge in [-0.3, -0.25) is 0 Å². The third-order valence-corrected chi connectivity index (χ3v) is 0. The Kier molecular flexibility index (Phi) is 38.6. The first-order chi connectivity index (χ1) is 4.56. The van der Waals surface area contributed by atoms with Crippen molar-refractivity contribution in [2.24, 2.45) is 0 Å². The van der Waals surface area contributed by atoms with Gasteiger partial charge in [-0.25, -0.2) is 0 Å². The Labute approximate surface area is 62.1 Å². The minimum absolute atomic E-state index is 0.167. The van der Waals surface area contributed by atoms with E-state index in [1.54, 1.807) is 6.92 Å². The molecule has 10 heavy (non-hydrogen) atoms. The zero-order valence-electron chi connectivity index (χ0n) is 7.05. The first kappa shape index (κ1) is 16.1. The molecule has 0 aliphatic heterocycles. The normalized spacial score (nSPS) is 5.70. The summed E-state index contributed by atoms with van der Waals surface area (Å²) >= 11 is 0. The molecule has 0 saturated carbocycles. The molecule has 3 nitrogen and oxygen atoms in total. The van der Waals surface area contributed by atoms with Crippen molar-refractivity contribution in [2.75, 3.05) is 6.61 Å². The molecule has 0 aromatic rings. The molecule has 0 bridgehead atoms. The predicted molar refractivity (Wildman–Crippen MR) is 40.9 cm³/mol. The summed E-state index contributed by atoms with van der Waals surface area (Å²) in [6, 6.07) is 0. The first-order valence-corrected chi connectivity index (χ1v) is 3.04. The van der Waals surface area contributed by atoms with E-state index in [0.29, 0.717) is 0 Å². The van der Waals surface area contributed by atoms with E-state index in [9.17, 15) is 4.79 Å². The molecule has 0 aromatic heterocycles. The number of Topliss-reactive ketones (excluding diaryl/α,β-unsaturated/α-hetero) is 1. The molecule has 62 valence electrons. The van der Waals surface area contributed by atoms with Crippen molar-refractivity contribution in [1.29, 1.82) is 0 Å². The lowest BCUT2D eigenvalue weighted by atomic mass is 10.6. The van der Waals surface area contributed by atoms with Gasteiger partial charge in [0.25, 0.3) is 0 Å². The van der Waals surface area contributed by atoms with E-state index in [4.69, 9.17) is 9.90 Å². The van der Waals surface area contributed by atoms with Gasteiger partial charge in [0.05, 0.1) is 0 Å². The van der Waals surface area contributed by atoms with Crippen molar-refractivity contribution in [1.82, 2.24) is 0 Å². The average molecular weight is 148 g/mol. The number of hydrogen-bond acceptors (Lipinski definition) is 3. The largest absolute Gasteiger partial charge is 0.397 e. The van der Waals surface area contributed by atoms with Crippen molar-refractivity contribution in [3.8, 4) is 0 Å². The van der Waals surface area contributed by atoms with Gasteiger partial charge >= 0.3 is 0 Å². The summed E-state index contributed by atoms with van der Waals surface area (Å²) < 4.78 is 0. The van der Waals surface area contributed by atoms with Crippen molar-refractivity contribution in [3.05, 3.63) is 0 Å². The standard InChI is InChI=1S/C3H6O.C2H6O.C2H4O/c1-3(2)4;2*1-2-3/h1-2H3;3H,2H2,1H3;2H,1H3. The maximum absolute atomic E-state index is 9.44. The number of hydrogen-bond donors (Lipinski definition) is 1. The number of carbonyl (C=O) groups excluding carboxylic acids is 2. The third kappa shape index (κ3) is 591. The Balaban J connectivity index is -0.0000000750. The van der Waals surface area contributed by atoms with Crippen LogP contribution in [-0.4, -0.2) is 23.8 Å².